The van der Waals surface area contributed by atoms with Crippen molar-refractivity contribution in [1.82, 2.24) is 25.4 Å². The van der Waals surface area contributed by atoms with Crippen LogP contribution >= 0.6 is 11.3 Å². The second-order valence-electron chi connectivity index (χ2n) is 5.99. The van der Waals surface area contributed by atoms with Gasteiger partial charge in [0.25, 0.3) is 0 Å². The summed E-state index contributed by atoms with van der Waals surface area (Å²) in [4.78, 5) is 10.0. The highest BCUT2D eigenvalue weighted by Crippen LogP contribution is 2.14. The molecular formula is C19H24N6S. The molecule has 0 fully saturated rings. The van der Waals surface area contributed by atoms with Crippen LogP contribution in [-0.4, -0.2) is 27.3 Å². The first-order chi connectivity index (χ1) is 12.7. The summed E-state index contributed by atoms with van der Waals surface area (Å²) < 4.78 is 1.82. The Morgan fingerprint density at radius 3 is 2.85 bits per heavy atom. The van der Waals surface area contributed by atoms with Gasteiger partial charge in [0, 0.05) is 11.4 Å². The second-order valence-corrected chi connectivity index (χ2v) is 6.99. The fourth-order valence-corrected chi connectivity index (χ4v) is 3.43. The average Bonchev–Trinajstić information content (AvgIpc) is 3.29. The Morgan fingerprint density at radius 2 is 2.12 bits per heavy atom. The zero-order chi connectivity index (χ0) is 18.2. The van der Waals surface area contributed by atoms with Gasteiger partial charge in [-0.3, -0.25) is 0 Å². The molecule has 0 amide bonds. The van der Waals surface area contributed by atoms with Gasteiger partial charge < -0.3 is 10.6 Å². The molecule has 3 rings (SSSR count). The van der Waals surface area contributed by atoms with Gasteiger partial charge in [-0.25, -0.2) is 14.7 Å². The van der Waals surface area contributed by atoms with E-state index < -0.39 is 0 Å². The standard InChI is InChI=1S/C19H24N6S/c1-3-21-19(23-11-18-15(2)7-8-26-18)22-10-16-5-4-6-17(9-16)12-25-14-20-13-24-25/h4-9,13-14H,3,10-12H2,1-2H3,(H2,21,22,23). The molecule has 0 spiro atoms. The molecule has 3 aromatic rings. The van der Waals surface area contributed by atoms with Crippen LogP contribution in [0.5, 0.6) is 0 Å². The summed E-state index contributed by atoms with van der Waals surface area (Å²) in [6.07, 6.45) is 3.28. The van der Waals surface area contributed by atoms with Gasteiger partial charge >= 0.3 is 0 Å². The number of guanidine groups is 1. The normalized spacial score (nSPS) is 11.5. The van der Waals surface area contributed by atoms with Crippen molar-refractivity contribution < 1.29 is 0 Å². The van der Waals surface area contributed by atoms with Crippen molar-refractivity contribution in [2.75, 3.05) is 6.54 Å². The molecule has 0 saturated heterocycles. The Kier molecular flexibility index (Phi) is 6.38. The number of aliphatic imine (C=N–C) groups is 1. The maximum absolute atomic E-state index is 4.72. The van der Waals surface area contributed by atoms with Crippen LogP contribution in [-0.2, 0) is 19.6 Å². The van der Waals surface area contributed by atoms with Crippen LogP contribution in [0.4, 0.5) is 0 Å². The third kappa shape index (κ3) is 5.16. The molecule has 0 atom stereocenters. The average molecular weight is 369 g/mol. The first-order valence-corrected chi connectivity index (χ1v) is 9.58. The van der Waals surface area contributed by atoms with Gasteiger partial charge in [-0.15, -0.1) is 11.3 Å². The van der Waals surface area contributed by atoms with Crippen molar-refractivity contribution in [2.45, 2.75) is 33.5 Å². The summed E-state index contributed by atoms with van der Waals surface area (Å²) in [5.74, 6) is 0.835. The van der Waals surface area contributed by atoms with Gasteiger partial charge in [0.1, 0.15) is 12.7 Å². The van der Waals surface area contributed by atoms with E-state index in [0.29, 0.717) is 13.1 Å². The SMILES string of the molecule is CCNC(=NCc1cccc(Cn2cncn2)c1)NCc1sccc1C. The van der Waals surface area contributed by atoms with Crippen LogP contribution in [0.25, 0.3) is 0 Å². The van der Waals surface area contributed by atoms with Crippen molar-refractivity contribution in [2.24, 2.45) is 4.99 Å². The van der Waals surface area contributed by atoms with Crippen molar-refractivity contribution in [3.63, 3.8) is 0 Å². The number of hydrogen-bond donors (Lipinski definition) is 2. The van der Waals surface area contributed by atoms with Crippen molar-refractivity contribution in [1.29, 1.82) is 0 Å². The third-order valence-electron chi connectivity index (χ3n) is 3.95. The minimum absolute atomic E-state index is 0.629. The molecule has 2 aromatic heterocycles. The summed E-state index contributed by atoms with van der Waals surface area (Å²) in [5, 5.41) is 13.0. The molecule has 2 N–H and O–H groups in total. The zero-order valence-corrected chi connectivity index (χ0v) is 16.0. The Balaban J connectivity index is 1.62. The number of hydrogen-bond acceptors (Lipinski definition) is 4. The minimum atomic E-state index is 0.629. The van der Waals surface area contributed by atoms with Gasteiger partial charge in [0.15, 0.2) is 5.96 Å². The van der Waals surface area contributed by atoms with Crippen LogP contribution in [0.1, 0.15) is 28.5 Å². The molecule has 0 aliphatic carbocycles. The van der Waals surface area contributed by atoms with E-state index in [1.165, 1.54) is 21.6 Å². The minimum Gasteiger partial charge on any atom is -0.357 e. The van der Waals surface area contributed by atoms with Crippen LogP contribution < -0.4 is 10.6 Å². The molecule has 0 saturated carbocycles. The molecule has 0 unspecified atom stereocenters. The summed E-state index contributed by atoms with van der Waals surface area (Å²) >= 11 is 1.77. The number of nitrogens with zero attached hydrogens (tertiary/aromatic N) is 4. The largest absolute Gasteiger partial charge is 0.357 e. The first-order valence-electron chi connectivity index (χ1n) is 8.70. The third-order valence-corrected chi connectivity index (χ3v) is 4.97. The van der Waals surface area contributed by atoms with Gasteiger partial charge in [0.2, 0.25) is 0 Å². The molecule has 136 valence electrons. The van der Waals surface area contributed by atoms with E-state index in [9.17, 15) is 0 Å². The summed E-state index contributed by atoms with van der Waals surface area (Å²) in [6.45, 7) is 7.19. The summed E-state index contributed by atoms with van der Waals surface area (Å²) in [7, 11) is 0. The highest BCUT2D eigenvalue weighted by atomic mass is 32.1. The van der Waals surface area contributed by atoms with E-state index in [1.54, 1.807) is 24.0 Å². The first kappa shape index (κ1) is 18.1. The molecular weight excluding hydrogens is 344 g/mol. The second kappa shape index (κ2) is 9.15. The molecule has 0 aliphatic rings. The van der Waals surface area contributed by atoms with Crippen molar-refractivity contribution in [3.05, 3.63) is 69.9 Å². The van der Waals surface area contributed by atoms with E-state index in [2.05, 4.69) is 70.3 Å². The lowest BCUT2D eigenvalue weighted by atomic mass is 10.1. The lowest BCUT2D eigenvalue weighted by molar-refractivity contribution is 0.684. The van der Waals surface area contributed by atoms with E-state index in [1.807, 2.05) is 4.68 Å². The Bertz CT molecular complexity index is 837. The van der Waals surface area contributed by atoms with E-state index >= 15 is 0 Å². The van der Waals surface area contributed by atoms with Crippen LogP contribution in [0.15, 0.2) is 53.4 Å². The van der Waals surface area contributed by atoms with Crippen LogP contribution in [0.2, 0.25) is 0 Å². The number of thiophene rings is 1. The van der Waals surface area contributed by atoms with Gasteiger partial charge in [-0.1, -0.05) is 24.3 Å². The Morgan fingerprint density at radius 1 is 1.23 bits per heavy atom. The van der Waals surface area contributed by atoms with Crippen LogP contribution in [0, 0.1) is 6.92 Å². The Labute approximate surface area is 158 Å². The summed E-state index contributed by atoms with van der Waals surface area (Å²) in [5.41, 5.74) is 3.68. The predicted octanol–water partition coefficient (Wildman–Crippen LogP) is 2.95. The number of nitrogens with one attached hydrogen (secondary N) is 2. The topological polar surface area (TPSA) is 67.1 Å². The quantitative estimate of drug-likeness (QED) is 0.497. The maximum Gasteiger partial charge on any atom is 0.191 e. The van der Waals surface area contributed by atoms with E-state index in [0.717, 1.165) is 19.0 Å². The number of aryl methyl sites for hydroxylation is 1. The zero-order valence-electron chi connectivity index (χ0n) is 15.1. The number of rotatable bonds is 7. The van der Waals surface area contributed by atoms with Crippen LogP contribution in [0.3, 0.4) is 0 Å². The molecule has 26 heavy (non-hydrogen) atoms. The van der Waals surface area contributed by atoms with E-state index in [-0.39, 0.29) is 0 Å². The fourth-order valence-electron chi connectivity index (χ4n) is 2.59. The lowest BCUT2D eigenvalue weighted by Crippen LogP contribution is -2.36. The van der Waals surface area contributed by atoms with Gasteiger partial charge in [-0.05, 0) is 42.0 Å². The lowest BCUT2D eigenvalue weighted by Gasteiger charge is -2.11. The van der Waals surface area contributed by atoms with Crippen molar-refractivity contribution >= 4 is 17.3 Å². The van der Waals surface area contributed by atoms with Crippen molar-refractivity contribution in [3.8, 4) is 0 Å². The molecule has 2 heterocycles. The molecule has 7 heteroatoms. The highest BCUT2D eigenvalue weighted by Gasteiger charge is 2.03. The number of aromatic nitrogens is 3. The summed E-state index contributed by atoms with van der Waals surface area (Å²) in [6, 6.07) is 10.6. The highest BCUT2D eigenvalue weighted by molar-refractivity contribution is 7.10. The monoisotopic (exact) mass is 368 g/mol. The predicted molar refractivity (Wildman–Crippen MR) is 106 cm³/mol. The molecule has 0 radical (unpaired) electrons. The molecule has 1 aromatic carbocycles. The van der Waals surface area contributed by atoms with E-state index in [4.69, 9.17) is 4.99 Å². The molecule has 0 bridgehead atoms. The number of benzene rings is 1. The fraction of sp³-hybridized carbons (Fsp3) is 0.316. The Hall–Kier alpha value is -2.67. The molecule has 6 nitrogen and oxygen atoms in total. The smallest absolute Gasteiger partial charge is 0.191 e. The van der Waals surface area contributed by atoms with Gasteiger partial charge in [0.05, 0.1) is 19.6 Å². The maximum atomic E-state index is 4.72. The van der Waals surface area contributed by atoms with Gasteiger partial charge in [-0.2, -0.15) is 5.10 Å². The molecule has 0 aliphatic heterocycles.